The molecular formula is C25H34ClN5O5S. The Morgan fingerprint density at radius 2 is 1.73 bits per heavy atom. The first-order valence-electron chi connectivity index (χ1n) is 11.4. The highest BCUT2D eigenvalue weighted by molar-refractivity contribution is 7.98. The third-order valence-corrected chi connectivity index (χ3v) is 6.37. The van der Waals surface area contributed by atoms with E-state index in [1.807, 2.05) is 0 Å². The number of esters is 1. The fourth-order valence-corrected chi connectivity index (χ4v) is 3.96. The van der Waals surface area contributed by atoms with Crippen molar-refractivity contribution in [3.63, 3.8) is 0 Å². The van der Waals surface area contributed by atoms with Gasteiger partial charge in [0.15, 0.2) is 0 Å². The van der Waals surface area contributed by atoms with E-state index in [0.29, 0.717) is 26.7 Å². The zero-order valence-corrected chi connectivity index (χ0v) is 23.1. The Morgan fingerprint density at radius 1 is 1.03 bits per heavy atom. The minimum absolute atomic E-state index is 0.0720. The normalized spacial score (nSPS) is 12.7. The van der Waals surface area contributed by atoms with Gasteiger partial charge in [-0.2, -0.15) is 0 Å². The van der Waals surface area contributed by atoms with Gasteiger partial charge in [-0.25, -0.2) is 9.59 Å². The molecule has 1 unspecified atom stereocenters. The van der Waals surface area contributed by atoms with Crippen LogP contribution in [0.2, 0.25) is 5.02 Å². The molecule has 0 heterocycles. The molecule has 6 N–H and O–H groups in total. The number of amides is 4. The molecule has 0 bridgehead atoms. The van der Waals surface area contributed by atoms with E-state index in [-0.39, 0.29) is 19.9 Å². The van der Waals surface area contributed by atoms with Crippen LogP contribution in [0.5, 0.6) is 0 Å². The lowest BCUT2D eigenvalue weighted by atomic mass is 9.92. The van der Waals surface area contributed by atoms with Crippen LogP contribution in [0.15, 0.2) is 47.4 Å². The second-order valence-corrected chi connectivity index (χ2v) is 10.7. The summed E-state index contributed by atoms with van der Waals surface area (Å²) in [4.78, 5) is 37.8. The third-order valence-electron chi connectivity index (χ3n) is 5.14. The van der Waals surface area contributed by atoms with Gasteiger partial charge in [-0.15, -0.1) is 0 Å². The molecule has 37 heavy (non-hydrogen) atoms. The average Bonchev–Trinajstić information content (AvgIpc) is 2.83. The number of rotatable bonds is 10. The van der Waals surface area contributed by atoms with E-state index in [9.17, 15) is 14.4 Å². The van der Waals surface area contributed by atoms with Gasteiger partial charge in [-0.05, 0) is 69.0 Å². The summed E-state index contributed by atoms with van der Waals surface area (Å²) >= 11 is 7.19. The van der Waals surface area contributed by atoms with Crippen LogP contribution in [0.25, 0.3) is 0 Å². The van der Waals surface area contributed by atoms with Crippen LogP contribution in [0.3, 0.4) is 0 Å². The average molecular weight is 552 g/mol. The highest BCUT2D eigenvalue weighted by Gasteiger charge is 2.33. The second kappa shape index (κ2) is 13.4. The van der Waals surface area contributed by atoms with Crippen molar-refractivity contribution in [2.24, 2.45) is 5.41 Å². The zero-order chi connectivity index (χ0) is 27.6. The minimum Gasteiger partial charge on any atom is -0.462 e. The molecule has 1 atom stereocenters. The molecule has 0 spiro atoms. The summed E-state index contributed by atoms with van der Waals surface area (Å²) in [6.07, 6.45) is 0. The van der Waals surface area contributed by atoms with Crippen molar-refractivity contribution >= 4 is 47.3 Å². The molecule has 0 saturated heterocycles. The monoisotopic (exact) mass is 551 g/mol. The van der Waals surface area contributed by atoms with E-state index in [1.54, 1.807) is 70.2 Å². The third kappa shape index (κ3) is 9.34. The minimum atomic E-state index is -1.08. The number of benzene rings is 2. The number of methoxy groups -OCH3 is 1. The number of nitrogens with two attached hydrogens (primary N) is 1. The van der Waals surface area contributed by atoms with Crippen LogP contribution in [0, 0.1) is 5.41 Å². The first-order chi connectivity index (χ1) is 17.4. The number of nitrogen functional groups attached to an aromatic ring is 1. The molecular weight excluding hydrogens is 518 g/mol. The lowest BCUT2D eigenvalue weighted by Gasteiger charge is -2.32. The van der Waals surface area contributed by atoms with Gasteiger partial charge in [0.1, 0.15) is 13.3 Å². The lowest BCUT2D eigenvalue weighted by molar-refractivity contribution is -0.155. The van der Waals surface area contributed by atoms with Crippen molar-refractivity contribution in [1.82, 2.24) is 20.7 Å². The van der Waals surface area contributed by atoms with E-state index >= 15 is 0 Å². The topological polar surface area (TPSA) is 144 Å². The summed E-state index contributed by atoms with van der Waals surface area (Å²) in [5, 5.41) is 8.59. The molecule has 2 rings (SSSR count). The molecule has 2 aromatic rings. The van der Waals surface area contributed by atoms with Crippen LogP contribution in [0.4, 0.5) is 15.3 Å². The lowest BCUT2D eigenvalue weighted by Crippen LogP contribution is -2.50. The number of nitrogens with one attached hydrogen (secondary N) is 4. The van der Waals surface area contributed by atoms with Gasteiger partial charge in [0.05, 0.1) is 15.8 Å². The fraction of sp³-hybridized carbons (Fsp3) is 0.400. The number of hydrogen-bond acceptors (Lipinski definition) is 7. The maximum Gasteiger partial charge on any atom is 0.325 e. The van der Waals surface area contributed by atoms with Crippen molar-refractivity contribution in [2.45, 2.75) is 44.7 Å². The Hall–Kier alpha value is -3.15. The van der Waals surface area contributed by atoms with Crippen LogP contribution >= 0.6 is 23.5 Å². The van der Waals surface area contributed by atoms with Crippen LogP contribution in [0.1, 0.15) is 38.8 Å². The smallest absolute Gasteiger partial charge is 0.325 e. The Balaban J connectivity index is 2.14. The highest BCUT2D eigenvalue weighted by atomic mass is 35.5. The predicted octanol–water partition coefficient (Wildman–Crippen LogP) is 4.14. The number of halogens is 1. The SMILES string of the molecule is COCNC(=O)NCc1cccc(N)c1SNC(=O)NC(C)(COC(=O)C(C)(C)C)c1cccc(Cl)c1. The molecule has 12 heteroatoms. The first kappa shape index (κ1) is 30.1. The molecule has 0 saturated carbocycles. The van der Waals surface area contributed by atoms with Crippen molar-refractivity contribution in [2.75, 3.05) is 26.2 Å². The number of carbonyl (C=O) groups is 3. The van der Waals surface area contributed by atoms with E-state index in [0.717, 1.165) is 11.9 Å². The van der Waals surface area contributed by atoms with E-state index in [1.165, 1.54) is 7.11 Å². The number of hydrogen-bond donors (Lipinski definition) is 5. The van der Waals surface area contributed by atoms with Gasteiger partial charge in [-0.1, -0.05) is 35.9 Å². The largest absolute Gasteiger partial charge is 0.462 e. The molecule has 10 nitrogen and oxygen atoms in total. The van der Waals surface area contributed by atoms with Crippen molar-refractivity contribution in [3.8, 4) is 0 Å². The van der Waals surface area contributed by atoms with Gasteiger partial charge < -0.3 is 31.2 Å². The number of carbonyl (C=O) groups excluding carboxylic acids is 3. The molecule has 4 amide bonds. The molecule has 0 aliphatic carbocycles. The summed E-state index contributed by atoms with van der Waals surface area (Å²) in [6.45, 7) is 7.13. The Labute approximate surface area is 226 Å². The standard InChI is InChI=1S/C25H34ClN5O5S/c1-24(2,3)21(32)36-14-25(4,17-9-7-10-18(26)12-17)30-23(34)31-37-20-16(8-6-11-19(20)27)13-28-22(33)29-15-35-5/h6-12H,13-15,27H2,1-5H3,(H2,28,29,33)(H2,30,31,34). The van der Waals surface area contributed by atoms with E-state index in [4.69, 9.17) is 26.8 Å². The van der Waals surface area contributed by atoms with E-state index < -0.39 is 29.0 Å². The van der Waals surface area contributed by atoms with Gasteiger partial charge >= 0.3 is 18.0 Å². The molecule has 0 aliphatic heterocycles. The Kier molecular flexibility index (Phi) is 10.9. The Bertz CT molecular complexity index is 1110. The van der Waals surface area contributed by atoms with Crippen LogP contribution in [-0.4, -0.2) is 38.5 Å². The first-order valence-corrected chi connectivity index (χ1v) is 12.6. The molecule has 2 aromatic carbocycles. The molecule has 0 radical (unpaired) electrons. The van der Waals surface area contributed by atoms with Crippen LogP contribution < -0.4 is 26.4 Å². The van der Waals surface area contributed by atoms with Gasteiger partial charge in [0.25, 0.3) is 0 Å². The van der Waals surface area contributed by atoms with Crippen LogP contribution in [-0.2, 0) is 26.4 Å². The highest BCUT2D eigenvalue weighted by Crippen LogP contribution is 2.29. The van der Waals surface area contributed by atoms with Crippen molar-refractivity contribution in [1.29, 1.82) is 0 Å². The quantitative estimate of drug-likeness (QED) is 0.129. The number of urea groups is 2. The number of anilines is 1. The fourth-order valence-electron chi connectivity index (χ4n) is 3.07. The van der Waals surface area contributed by atoms with Gasteiger partial charge in [0, 0.05) is 24.4 Å². The van der Waals surface area contributed by atoms with Crippen molar-refractivity contribution in [3.05, 3.63) is 58.6 Å². The summed E-state index contributed by atoms with van der Waals surface area (Å²) in [6, 6.07) is 11.2. The van der Waals surface area contributed by atoms with E-state index in [2.05, 4.69) is 20.7 Å². The molecule has 202 valence electrons. The summed E-state index contributed by atoms with van der Waals surface area (Å²) in [5.41, 5.74) is 6.14. The predicted molar refractivity (Wildman–Crippen MR) is 145 cm³/mol. The maximum atomic E-state index is 13.0. The molecule has 0 aliphatic rings. The maximum absolute atomic E-state index is 13.0. The summed E-state index contributed by atoms with van der Waals surface area (Å²) in [7, 11) is 1.47. The zero-order valence-electron chi connectivity index (χ0n) is 21.6. The summed E-state index contributed by atoms with van der Waals surface area (Å²) < 4.78 is 13.1. The summed E-state index contributed by atoms with van der Waals surface area (Å²) in [5.74, 6) is -0.402. The molecule has 0 fully saturated rings. The number of ether oxygens (including phenoxy) is 2. The van der Waals surface area contributed by atoms with Gasteiger partial charge in [0.2, 0.25) is 0 Å². The van der Waals surface area contributed by atoms with Gasteiger partial charge in [-0.3, -0.25) is 9.52 Å². The second-order valence-electron chi connectivity index (χ2n) is 9.45. The van der Waals surface area contributed by atoms with Crippen molar-refractivity contribution < 1.29 is 23.9 Å². The Morgan fingerprint density at radius 3 is 2.38 bits per heavy atom. The molecule has 0 aromatic heterocycles.